The van der Waals surface area contributed by atoms with Crippen molar-refractivity contribution in [1.29, 1.82) is 0 Å². The highest BCUT2D eigenvalue weighted by atomic mass is 79.9. The Morgan fingerprint density at radius 2 is 1.77 bits per heavy atom. The predicted octanol–water partition coefficient (Wildman–Crippen LogP) is 7.41. The fourth-order valence-electron chi connectivity index (χ4n) is 3.02. The fourth-order valence-corrected chi connectivity index (χ4v) is 4.75. The second-order valence-corrected chi connectivity index (χ2v) is 9.20. The smallest absolute Gasteiger partial charge is 0.374 e. The Hall–Kier alpha value is -1.19. The molecule has 2 aromatic carbocycles. The van der Waals surface area contributed by atoms with E-state index in [0.717, 1.165) is 12.1 Å². The average Bonchev–Trinajstić information content (AvgIpc) is 3.11. The van der Waals surface area contributed by atoms with E-state index in [-0.39, 0.29) is 37.3 Å². The van der Waals surface area contributed by atoms with Crippen molar-refractivity contribution < 1.29 is 22.8 Å². The number of halogens is 8. The number of carbonyl (C=O) groups is 1. The molecule has 3 rings (SSSR count). The first-order valence-corrected chi connectivity index (χ1v) is 11.0. The van der Waals surface area contributed by atoms with E-state index in [1.54, 1.807) is 6.07 Å². The van der Waals surface area contributed by atoms with Crippen LogP contribution in [0.15, 0.2) is 35.5 Å². The van der Waals surface area contributed by atoms with E-state index in [4.69, 9.17) is 51.2 Å². The first kappa shape index (κ1) is 24.5. The van der Waals surface area contributed by atoms with Crippen molar-refractivity contribution in [2.24, 2.45) is 5.16 Å². The third-order valence-corrected chi connectivity index (χ3v) is 6.82. The minimum absolute atomic E-state index is 0.0265. The highest BCUT2D eigenvalue weighted by Gasteiger charge is 2.62. The van der Waals surface area contributed by atoms with Gasteiger partial charge in [0.05, 0.1) is 20.8 Å². The Labute approximate surface area is 203 Å². The molecule has 1 heterocycles. The highest BCUT2D eigenvalue weighted by Crippen LogP contribution is 2.50. The van der Waals surface area contributed by atoms with Crippen LogP contribution in [-0.4, -0.2) is 17.8 Å². The van der Waals surface area contributed by atoms with E-state index in [9.17, 15) is 18.0 Å². The van der Waals surface area contributed by atoms with Gasteiger partial charge in [0.2, 0.25) is 5.91 Å². The summed E-state index contributed by atoms with van der Waals surface area (Å²) in [5.41, 5.74) is -2.24. The van der Waals surface area contributed by atoms with Crippen LogP contribution in [0.25, 0.3) is 0 Å². The second-order valence-electron chi connectivity index (χ2n) is 6.68. The molecule has 12 heteroatoms. The van der Waals surface area contributed by atoms with Gasteiger partial charge in [-0.2, -0.15) is 13.2 Å². The van der Waals surface area contributed by atoms with Crippen molar-refractivity contribution in [3.05, 3.63) is 67.1 Å². The molecule has 2 unspecified atom stereocenters. The molecule has 1 amide bonds. The van der Waals surface area contributed by atoms with Gasteiger partial charge in [0, 0.05) is 35.1 Å². The second kappa shape index (κ2) is 8.98. The van der Waals surface area contributed by atoms with Crippen molar-refractivity contribution in [3.63, 3.8) is 0 Å². The standard InChI is InChI=1S/C19H12BrCl4F3N2O2/c1-8(30)28-17(20)11-3-2-9(4-12(11)21)15-7-18(31-29-15,19(25,26)27)10-5-13(22)16(24)14(23)6-10/h2-6,17H,7H2,1H3,(H,28,30). The maximum absolute atomic E-state index is 14.1. The summed E-state index contributed by atoms with van der Waals surface area (Å²) >= 11 is 27.3. The van der Waals surface area contributed by atoms with E-state index in [1.165, 1.54) is 19.1 Å². The van der Waals surface area contributed by atoms with Gasteiger partial charge in [0.1, 0.15) is 4.95 Å². The Morgan fingerprint density at radius 1 is 1.16 bits per heavy atom. The number of oxime groups is 1. The number of alkyl halides is 4. The summed E-state index contributed by atoms with van der Waals surface area (Å²) < 4.78 is 42.4. The number of amides is 1. The lowest BCUT2D eigenvalue weighted by molar-refractivity contribution is -0.275. The number of nitrogens with one attached hydrogen (secondary N) is 1. The van der Waals surface area contributed by atoms with E-state index in [0.29, 0.717) is 11.1 Å². The molecule has 0 spiro atoms. The molecular weight excluding hydrogens is 567 g/mol. The molecule has 0 saturated heterocycles. The van der Waals surface area contributed by atoms with Gasteiger partial charge in [0.15, 0.2) is 0 Å². The number of benzene rings is 2. The van der Waals surface area contributed by atoms with Gasteiger partial charge in [-0.1, -0.05) is 79.6 Å². The maximum atomic E-state index is 14.1. The maximum Gasteiger partial charge on any atom is 0.435 e. The molecule has 31 heavy (non-hydrogen) atoms. The average molecular weight is 579 g/mol. The summed E-state index contributed by atoms with van der Waals surface area (Å²) in [6.45, 7) is 1.34. The topological polar surface area (TPSA) is 50.7 Å². The summed E-state index contributed by atoms with van der Waals surface area (Å²) in [5.74, 6) is -0.286. The van der Waals surface area contributed by atoms with Crippen molar-refractivity contribution in [3.8, 4) is 0 Å². The lowest BCUT2D eigenvalue weighted by atomic mass is 9.86. The van der Waals surface area contributed by atoms with Crippen LogP contribution >= 0.6 is 62.3 Å². The summed E-state index contributed by atoms with van der Waals surface area (Å²) in [4.78, 5) is 15.6. The van der Waals surface area contributed by atoms with Crippen molar-refractivity contribution in [2.75, 3.05) is 0 Å². The third kappa shape index (κ3) is 4.78. The monoisotopic (exact) mass is 576 g/mol. The molecule has 0 bridgehead atoms. The molecule has 166 valence electrons. The molecule has 0 radical (unpaired) electrons. The van der Waals surface area contributed by atoms with Crippen molar-refractivity contribution in [1.82, 2.24) is 5.32 Å². The van der Waals surface area contributed by atoms with Crippen LogP contribution in [0, 0.1) is 0 Å². The molecule has 2 aromatic rings. The van der Waals surface area contributed by atoms with Crippen LogP contribution < -0.4 is 5.32 Å². The highest BCUT2D eigenvalue weighted by molar-refractivity contribution is 9.09. The van der Waals surface area contributed by atoms with E-state index in [1.807, 2.05) is 0 Å². The minimum Gasteiger partial charge on any atom is -0.374 e. The molecule has 0 saturated carbocycles. The van der Waals surface area contributed by atoms with Gasteiger partial charge >= 0.3 is 6.18 Å². The molecule has 4 nitrogen and oxygen atoms in total. The zero-order valence-corrected chi connectivity index (χ0v) is 20.1. The Bertz CT molecular complexity index is 1060. The van der Waals surface area contributed by atoms with E-state index >= 15 is 0 Å². The molecule has 2 atom stereocenters. The van der Waals surface area contributed by atoms with Gasteiger partial charge in [-0.25, -0.2) is 0 Å². The molecule has 0 fully saturated rings. The summed E-state index contributed by atoms with van der Waals surface area (Å²) in [7, 11) is 0. The number of hydrogen-bond donors (Lipinski definition) is 1. The van der Waals surface area contributed by atoms with Gasteiger partial charge in [-0.05, 0) is 18.2 Å². The van der Waals surface area contributed by atoms with E-state index < -0.39 is 23.1 Å². The molecule has 1 N–H and O–H groups in total. The summed E-state index contributed by atoms with van der Waals surface area (Å²) in [5, 5.41) is 6.18. The molecule has 1 aliphatic rings. The zero-order valence-electron chi connectivity index (χ0n) is 15.5. The Balaban J connectivity index is 1.96. The van der Waals surface area contributed by atoms with Crippen LogP contribution in [0.1, 0.15) is 35.0 Å². The van der Waals surface area contributed by atoms with Crippen molar-refractivity contribution >= 4 is 74.0 Å². The van der Waals surface area contributed by atoms with Crippen LogP contribution in [0.2, 0.25) is 20.1 Å². The van der Waals surface area contributed by atoms with E-state index in [2.05, 4.69) is 26.4 Å². The Kier molecular flexibility index (Phi) is 7.08. The van der Waals surface area contributed by atoms with Crippen LogP contribution in [-0.2, 0) is 15.2 Å². The third-order valence-electron chi connectivity index (χ3n) is 4.57. The Morgan fingerprint density at radius 3 is 2.29 bits per heavy atom. The number of nitrogens with zero attached hydrogens (tertiary/aromatic N) is 1. The van der Waals surface area contributed by atoms with Crippen molar-refractivity contribution in [2.45, 2.75) is 30.1 Å². The number of carbonyl (C=O) groups excluding carboxylic acids is 1. The number of hydrogen-bond acceptors (Lipinski definition) is 3. The molecular formula is C19H12BrCl4F3N2O2. The van der Waals surface area contributed by atoms with Gasteiger partial charge in [0.25, 0.3) is 5.60 Å². The van der Waals surface area contributed by atoms with Gasteiger partial charge in [-0.3, -0.25) is 4.79 Å². The van der Waals surface area contributed by atoms with Crippen LogP contribution in [0.3, 0.4) is 0 Å². The van der Waals surface area contributed by atoms with Crippen LogP contribution in [0.4, 0.5) is 13.2 Å². The number of rotatable bonds is 4. The quantitative estimate of drug-likeness (QED) is 0.233. The summed E-state index contributed by atoms with van der Waals surface area (Å²) in [6, 6.07) is 6.66. The lowest BCUT2D eigenvalue weighted by Crippen LogP contribution is -2.42. The molecule has 0 aliphatic carbocycles. The molecule has 1 aliphatic heterocycles. The normalized spacial score (nSPS) is 19.6. The van der Waals surface area contributed by atoms with Crippen LogP contribution in [0.5, 0.6) is 0 Å². The molecule has 0 aromatic heterocycles. The van der Waals surface area contributed by atoms with Gasteiger partial charge < -0.3 is 10.2 Å². The van der Waals surface area contributed by atoms with Gasteiger partial charge in [-0.15, -0.1) is 0 Å². The minimum atomic E-state index is -4.84. The zero-order chi connectivity index (χ0) is 23.1. The summed E-state index contributed by atoms with van der Waals surface area (Å²) in [6.07, 6.45) is -5.47. The fraction of sp³-hybridized carbons (Fsp3) is 0.263. The predicted molar refractivity (Wildman–Crippen MR) is 118 cm³/mol. The first-order chi connectivity index (χ1) is 14.4. The SMILES string of the molecule is CC(=O)NC(Br)c1ccc(C2=NOC(c3cc(Cl)c(Cl)c(Cl)c3)(C(F)(F)F)C2)cc1Cl. The lowest BCUT2D eigenvalue weighted by Gasteiger charge is -2.30. The largest absolute Gasteiger partial charge is 0.435 e. The first-order valence-electron chi connectivity index (χ1n) is 8.53.